The third kappa shape index (κ3) is 53.4. The van der Waals surface area contributed by atoms with Crippen LogP contribution in [0.1, 0.15) is 194 Å². The Morgan fingerprint density at radius 2 is 0.797 bits per heavy atom. The zero-order chi connectivity index (χ0) is 50.2. The molecule has 0 aliphatic heterocycles. The van der Waals surface area contributed by atoms with Crippen molar-refractivity contribution < 1.29 is 37.6 Å². The number of phosphoric acid groups is 1. The van der Waals surface area contributed by atoms with Crippen molar-refractivity contribution in [1.29, 1.82) is 0 Å². The van der Waals surface area contributed by atoms with Crippen LogP contribution in [-0.4, -0.2) is 49.3 Å². The lowest BCUT2D eigenvalue weighted by Gasteiger charge is -2.19. The molecule has 2 atom stereocenters. The maximum absolute atomic E-state index is 12.7. The number of allylic oxidation sites excluding steroid dienone is 22. The van der Waals surface area contributed by atoms with E-state index in [9.17, 15) is 19.0 Å². The van der Waals surface area contributed by atoms with Crippen molar-refractivity contribution in [2.75, 3.05) is 26.4 Å². The number of nitrogens with two attached hydrogens (primary N) is 1. The summed E-state index contributed by atoms with van der Waals surface area (Å²) in [5.41, 5.74) is 5.36. The van der Waals surface area contributed by atoms with Crippen LogP contribution in [0.15, 0.2) is 134 Å². The summed E-state index contributed by atoms with van der Waals surface area (Å²) in [4.78, 5) is 35.0. The Morgan fingerprint density at radius 3 is 1.19 bits per heavy atom. The monoisotopic (exact) mass is 978 g/mol. The Labute approximate surface area is 421 Å². The number of rotatable bonds is 48. The minimum absolute atomic E-state index is 0.0422. The fourth-order valence-electron chi connectivity index (χ4n) is 6.61. The number of carbonyl (C=O) groups excluding carboxylic acids is 2. The summed E-state index contributed by atoms with van der Waals surface area (Å²) in [6.45, 7) is 3.50. The summed E-state index contributed by atoms with van der Waals surface area (Å²) in [7, 11) is -4.40. The van der Waals surface area contributed by atoms with E-state index in [-0.39, 0.29) is 32.6 Å². The summed E-state index contributed by atoms with van der Waals surface area (Å²) in [5.74, 6) is -0.869. The molecule has 0 heterocycles. The predicted octanol–water partition coefficient (Wildman–Crippen LogP) is 16.6. The van der Waals surface area contributed by atoms with Gasteiger partial charge in [0.05, 0.1) is 13.2 Å². The molecule has 0 saturated heterocycles. The first-order valence-corrected chi connectivity index (χ1v) is 28.2. The number of hydrogen-bond acceptors (Lipinski definition) is 8. The third-order valence-electron chi connectivity index (χ3n) is 10.5. The highest BCUT2D eigenvalue weighted by atomic mass is 31.2. The van der Waals surface area contributed by atoms with Gasteiger partial charge >= 0.3 is 19.8 Å². The first-order valence-electron chi connectivity index (χ1n) is 26.7. The van der Waals surface area contributed by atoms with Crippen LogP contribution >= 0.6 is 7.82 Å². The maximum atomic E-state index is 12.7. The van der Waals surface area contributed by atoms with Gasteiger partial charge in [-0.05, 0) is 109 Å². The van der Waals surface area contributed by atoms with Crippen LogP contribution in [0.25, 0.3) is 0 Å². The number of unbranched alkanes of at least 4 members (excludes halogenated alkanes) is 13. The van der Waals surface area contributed by atoms with Gasteiger partial charge in [-0.25, -0.2) is 4.57 Å². The molecule has 0 aromatic carbocycles. The lowest BCUT2D eigenvalue weighted by Crippen LogP contribution is -2.29. The van der Waals surface area contributed by atoms with Crippen molar-refractivity contribution >= 4 is 19.8 Å². The maximum Gasteiger partial charge on any atom is 0.472 e. The van der Waals surface area contributed by atoms with Crippen LogP contribution in [0.5, 0.6) is 0 Å². The molecule has 0 saturated carbocycles. The molecule has 69 heavy (non-hydrogen) atoms. The van der Waals surface area contributed by atoms with E-state index in [0.717, 1.165) is 135 Å². The highest BCUT2D eigenvalue weighted by Crippen LogP contribution is 2.43. The number of carbonyl (C=O) groups is 2. The Kier molecular flexibility index (Phi) is 50.5. The van der Waals surface area contributed by atoms with Crippen LogP contribution in [0.2, 0.25) is 0 Å². The van der Waals surface area contributed by atoms with E-state index in [1.165, 1.54) is 19.3 Å². The Balaban J connectivity index is 4.05. The van der Waals surface area contributed by atoms with Crippen molar-refractivity contribution in [1.82, 2.24) is 0 Å². The van der Waals surface area contributed by atoms with Crippen molar-refractivity contribution in [3.63, 3.8) is 0 Å². The second-order valence-corrected chi connectivity index (χ2v) is 18.5. The molecule has 2 unspecified atom stereocenters. The molecule has 0 aliphatic rings. The van der Waals surface area contributed by atoms with E-state index < -0.39 is 32.5 Å². The van der Waals surface area contributed by atoms with Gasteiger partial charge in [-0.2, -0.15) is 0 Å². The lowest BCUT2D eigenvalue weighted by molar-refractivity contribution is -0.161. The second-order valence-electron chi connectivity index (χ2n) is 17.0. The van der Waals surface area contributed by atoms with E-state index in [0.29, 0.717) is 12.8 Å². The van der Waals surface area contributed by atoms with Gasteiger partial charge in [-0.1, -0.05) is 205 Å². The predicted molar refractivity (Wildman–Crippen MR) is 293 cm³/mol. The molecule has 9 nitrogen and oxygen atoms in total. The average molecular weight is 978 g/mol. The van der Waals surface area contributed by atoms with Crippen molar-refractivity contribution in [3.8, 4) is 0 Å². The van der Waals surface area contributed by atoms with E-state index in [2.05, 4.69) is 148 Å². The topological polar surface area (TPSA) is 134 Å². The highest BCUT2D eigenvalue weighted by Gasteiger charge is 2.26. The fourth-order valence-corrected chi connectivity index (χ4v) is 7.37. The Hall–Kier alpha value is -3.85. The first kappa shape index (κ1) is 65.1. The molecule has 0 aliphatic carbocycles. The Bertz CT molecular complexity index is 1580. The molecule has 0 aromatic rings. The zero-order valence-electron chi connectivity index (χ0n) is 43.2. The third-order valence-corrected chi connectivity index (χ3v) is 11.5. The standard InChI is InChI=1S/C59H96NO8P/c1-3-5-7-9-11-13-15-17-18-19-20-21-22-23-24-25-26-27-28-29-30-31-32-33-34-35-36-37-38-40-42-44-46-48-50-52-59(62)68-57(56-67-69(63,64)66-54-53-60)55-65-58(61)51-49-47-45-43-41-39-16-14-12-10-8-6-4-2/h5,7-8,10-11,13-14,16-18,20-21,23-24,26-27,29-30,32-33,35-36,57H,3-4,6,9,12,15,19,22,25,28,31,34,37-56,60H2,1-2H3,(H,63,64)/b7-5-,10-8-,13-11-,16-14-,18-17-,21-20-,24-23-,27-26-,30-29-,33-32-,36-35-. The highest BCUT2D eigenvalue weighted by molar-refractivity contribution is 7.47. The van der Waals surface area contributed by atoms with E-state index in [1.807, 2.05) is 0 Å². The molecular formula is C59H96NO8P. The van der Waals surface area contributed by atoms with Gasteiger partial charge < -0.3 is 20.1 Å². The fraction of sp³-hybridized carbons (Fsp3) is 0.593. The van der Waals surface area contributed by atoms with E-state index in [4.69, 9.17) is 24.3 Å². The minimum atomic E-state index is -4.40. The number of phosphoric ester groups is 1. The molecule has 0 aromatic heterocycles. The smallest absolute Gasteiger partial charge is 0.462 e. The minimum Gasteiger partial charge on any atom is -0.462 e. The second kappa shape index (κ2) is 53.5. The number of ether oxygens (including phenoxy) is 2. The summed E-state index contributed by atoms with van der Waals surface area (Å²) in [6.07, 6.45) is 75.0. The normalized spacial score (nSPS) is 14.2. The van der Waals surface area contributed by atoms with Gasteiger partial charge in [0.2, 0.25) is 0 Å². The van der Waals surface area contributed by atoms with E-state index >= 15 is 0 Å². The molecular weight excluding hydrogens is 882 g/mol. The van der Waals surface area contributed by atoms with E-state index in [1.54, 1.807) is 0 Å². The van der Waals surface area contributed by atoms with Crippen molar-refractivity contribution in [2.45, 2.75) is 200 Å². The summed E-state index contributed by atoms with van der Waals surface area (Å²) in [6, 6.07) is 0. The molecule has 3 N–H and O–H groups in total. The summed E-state index contributed by atoms with van der Waals surface area (Å²) < 4.78 is 32.9. The first-order chi connectivity index (χ1) is 33.8. The van der Waals surface area contributed by atoms with Crippen LogP contribution < -0.4 is 5.73 Å². The quantitative estimate of drug-likeness (QED) is 0.0264. The average Bonchev–Trinajstić information content (AvgIpc) is 3.34. The molecule has 0 radical (unpaired) electrons. The zero-order valence-corrected chi connectivity index (χ0v) is 44.1. The van der Waals surface area contributed by atoms with Crippen molar-refractivity contribution in [2.24, 2.45) is 5.73 Å². The lowest BCUT2D eigenvalue weighted by atomic mass is 10.1. The van der Waals surface area contributed by atoms with Crippen LogP contribution in [0.3, 0.4) is 0 Å². The van der Waals surface area contributed by atoms with Gasteiger partial charge in [0.25, 0.3) is 0 Å². The van der Waals surface area contributed by atoms with Gasteiger partial charge in [0.1, 0.15) is 6.61 Å². The Morgan fingerprint density at radius 1 is 0.449 bits per heavy atom. The van der Waals surface area contributed by atoms with Crippen LogP contribution in [0.4, 0.5) is 0 Å². The van der Waals surface area contributed by atoms with Crippen molar-refractivity contribution in [3.05, 3.63) is 134 Å². The van der Waals surface area contributed by atoms with Crippen LogP contribution in [0, 0.1) is 0 Å². The SMILES string of the molecule is CC/C=C\C/C=C\C/C=C\C/C=C\C/C=C\C/C=C\C/C=C\C/C=C\C/C=C\CCCCCCCCCC(=O)OC(COC(=O)CCCCCCC/C=C\C/C=C\CCC)COP(=O)(O)OCCN. The van der Waals surface area contributed by atoms with Gasteiger partial charge in [0.15, 0.2) is 6.10 Å². The van der Waals surface area contributed by atoms with Gasteiger partial charge in [-0.15, -0.1) is 0 Å². The van der Waals surface area contributed by atoms with Gasteiger partial charge in [0, 0.05) is 19.4 Å². The van der Waals surface area contributed by atoms with Gasteiger partial charge in [-0.3, -0.25) is 18.6 Å². The molecule has 10 heteroatoms. The molecule has 0 fully saturated rings. The molecule has 0 spiro atoms. The molecule has 0 rings (SSSR count). The molecule has 0 bridgehead atoms. The number of esters is 2. The number of hydrogen-bond donors (Lipinski definition) is 2. The largest absolute Gasteiger partial charge is 0.472 e. The summed E-state index contributed by atoms with van der Waals surface area (Å²) >= 11 is 0. The van der Waals surface area contributed by atoms with Crippen LogP contribution in [-0.2, 0) is 32.7 Å². The molecule has 390 valence electrons. The molecule has 0 amide bonds. The summed E-state index contributed by atoms with van der Waals surface area (Å²) in [5, 5.41) is 0.